The zero-order valence-electron chi connectivity index (χ0n) is 11.6. The van der Waals surface area contributed by atoms with Crippen LogP contribution in [0.3, 0.4) is 0 Å². The van der Waals surface area contributed by atoms with Crippen molar-refractivity contribution in [2.75, 3.05) is 6.54 Å². The van der Waals surface area contributed by atoms with Crippen LogP contribution in [-0.4, -0.2) is 12.6 Å². The van der Waals surface area contributed by atoms with Crippen LogP contribution >= 0.6 is 15.9 Å². The maximum absolute atomic E-state index is 13.8. The molecule has 0 aliphatic rings. The van der Waals surface area contributed by atoms with Crippen LogP contribution < -0.4 is 5.32 Å². The number of hydrogen-bond acceptors (Lipinski definition) is 1. The Morgan fingerprint density at radius 2 is 2.00 bits per heavy atom. The molecule has 0 bridgehead atoms. The first-order valence-electron chi connectivity index (χ1n) is 6.95. The van der Waals surface area contributed by atoms with E-state index < -0.39 is 11.6 Å². The van der Waals surface area contributed by atoms with E-state index in [2.05, 4.69) is 35.1 Å². The minimum Gasteiger partial charge on any atom is -0.314 e. The standard InChI is InChI=1S/C15H22BrF2N/c1-3-10-19-11(4-2)6-5-7-12-14(17)9-8-13(16)15(12)18/h8-9,11,19H,3-7,10H2,1-2H3. The van der Waals surface area contributed by atoms with Crippen molar-refractivity contribution in [3.8, 4) is 0 Å². The van der Waals surface area contributed by atoms with Crippen LogP contribution in [0.4, 0.5) is 8.78 Å². The maximum Gasteiger partial charge on any atom is 0.143 e. The van der Waals surface area contributed by atoms with E-state index in [1.54, 1.807) is 0 Å². The topological polar surface area (TPSA) is 12.0 Å². The maximum atomic E-state index is 13.8. The van der Waals surface area contributed by atoms with E-state index in [4.69, 9.17) is 0 Å². The van der Waals surface area contributed by atoms with Gasteiger partial charge in [-0.2, -0.15) is 0 Å². The van der Waals surface area contributed by atoms with Crippen LogP contribution in [0.2, 0.25) is 0 Å². The zero-order chi connectivity index (χ0) is 14.3. The summed E-state index contributed by atoms with van der Waals surface area (Å²) in [6.07, 6.45) is 4.33. The molecule has 0 amide bonds. The summed E-state index contributed by atoms with van der Waals surface area (Å²) < 4.78 is 27.7. The third kappa shape index (κ3) is 5.19. The van der Waals surface area contributed by atoms with Gasteiger partial charge in [-0.1, -0.05) is 13.8 Å². The summed E-state index contributed by atoms with van der Waals surface area (Å²) in [6.45, 7) is 5.26. The van der Waals surface area contributed by atoms with Crippen molar-refractivity contribution in [1.82, 2.24) is 5.32 Å². The van der Waals surface area contributed by atoms with Crippen molar-refractivity contribution >= 4 is 15.9 Å². The van der Waals surface area contributed by atoms with Gasteiger partial charge in [0.15, 0.2) is 0 Å². The van der Waals surface area contributed by atoms with E-state index in [-0.39, 0.29) is 5.56 Å². The Labute approximate surface area is 122 Å². The van der Waals surface area contributed by atoms with Crippen LogP contribution in [-0.2, 0) is 6.42 Å². The van der Waals surface area contributed by atoms with Gasteiger partial charge in [0.2, 0.25) is 0 Å². The first kappa shape index (κ1) is 16.6. The fourth-order valence-corrected chi connectivity index (χ4v) is 2.49. The molecule has 0 fully saturated rings. The fourth-order valence-electron chi connectivity index (χ4n) is 2.12. The molecule has 19 heavy (non-hydrogen) atoms. The Morgan fingerprint density at radius 1 is 1.26 bits per heavy atom. The molecule has 0 aromatic heterocycles. The number of rotatable bonds is 8. The third-order valence-corrected chi connectivity index (χ3v) is 3.91. The van der Waals surface area contributed by atoms with Crippen LogP contribution in [0, 0.1) is 11.6 Å². The van der Waals surface area contributed by atoms with Crippen molar-refractivity contribution in [1.29, 1.82) is 0 Å². The van der Waals surface area contributed by atoms with Gasteiger partial charge in [-0.3, -0.25) is 0 Å². The third-order valence-electron chi connectivity index (χ3n) is 3.29. The summed E-state index contributed by atoms with van der Waals surface area (Å²) in [5.74, 6) is -0.912. The van der Waals surface area contributed by atoms with Crippen LogP contribution in [0.5, 0.6) is 0 Å². The summed E-state index contributed by atoms with van der Waals surface area (Å²) in [5, 5.41) is 3.45. The molecule has 108 valence electrons. The molecule has 0 aliphatic heterocycles. The lowest BCUT2D eigenvalue weighted by atomic mass is 10.0. The molecule has 0 saturated carbocycles. The van der Waals surface area contributed by atoms with E-state index in [0.29, 0.717) is 16.9 Å². The van der Waals surface area contributed by atoms with Gasteiger partial charge in [0.05, 0.1) is 4.47 Å². The molecule has 1 rings (SSSR count). The van der Waals surface area contributed by atoms with Gasteiger partial charge in [0.1, 0.15) is 11.6 Å². The van der Waals surface area contributed by atoms with Crippen LogP contribution in [0.25, 0.3) is 0 Å². The summed E-state index contributed by atoms with van der Waals surface area (Å²) in [6, 6.07) is 3.17. The van der Waals surface area contributed by atoms with Gasteiger partial charge in [0, 0.05) is 11.6 Å². The van der Waals surface area contributed by atoms with Gasteiger partial charge in [0.25, 0.3) is 0 Å². The summed E-state index contributed by atoms with van der Waals surface area (Å²) in [4.78, 5) is 0. The number of hydrogen-bond donors (Lipinski definition) is 1. The predicted octanol–water partition coefficient (Wildman–Crippen LogP) is 4.83. The Hall–Kier alpha value is -0.480. The second-order valence-corrected chi connectivity index (χ2v) is 5.63. The Kier molecular flexibility index (Phi) is 7.54. The summed E-state index contributed by atoms with van der Waals surface area (Å²) in [5.41, 5.74) is 0.194. The smallest absolute Gasteiger partial charge is 0.143 e. The first-order chi connectivity index (χ1) is 9.10. The lowest BCUT2D eigenvalue weighted by molar-refractivity contribution is 0.450. The molecule has 0 heterocycles. The van der Waals surface area contributed by atoms with E-state index in [1.807, 2.05) is 0 Å². The second kappa shape index (κ2) is 8.64. The minimum absolute atomic E-state index is 0.194. The molecule has 1 atom stereocenters. The normalized spacial score (nSPS) is 12.7. The number of nitrogens with one attached hydrogen (secondary N) is 1. The van der Waals surface area contributed by atoms with E-state index in [0.717, 1.165) is 32.2 Å². The summed E-state index contributed by atoms with van der Waals surface area (Å²) in [7, 11) is 0. The highest BCUT2D eigenvalue weighted by Gasteiger charge is 2.13. The highest BCUT2D eigenvalue weighted by molar-refractivity contribution is 9.10. The number of benzene rings is 1. The second-order valence-electron chi connectivity index (χ2n) is 4.77. The molecule has 1 N–H and O–H groups in total. The largest absolute Gasteiger partial charge is 0.314 e. The molecular weight excluding hydrogens is 312 g/mol. The molecule has 1 aromatic carbocycles. The van der Waals surface area contributed by atoms with Crippen molar-refractivity contribution in [2.24, 2.45) is 0 Å². The minimum atomic E-state index is -0.463. The van der Waals surface area contributed by atoms with Crippen molar-refractivity contribution in [3.63, 3.8) is 0 Å². The average molecular weight is 334 g/mol. The van der Waals surface area contributed by atoms with Gasteiger partial charge >= 0.3 is 0 Å². The van der Waals surface area contributed by atoms with E-state index >= 15 is 0 Å². The van der Waals surface area contributed by atoms with Gasteiger partial charge in [-0.15, -0.1) is 0 Å². The Bertz CT molecular complexity index is 396. The molecule has 1 aromatic rings. The SMILES string of the molecule is CCCNC(CC)CCCc1c(F)ccc(Br)c1F. The fraction of sp³-hybridized carbons (Fsp3) is 0.600. The van der Waals surface area contributed by atoms with Gasteiger partial charge in [-0.25, -0.2) is 8.78 Å². The Morgan fingerprint density at radius 3 is 2.63 bits per heavy atom. The van der Waals surface area contributed by atoms with E-state index in [9.17, 15) is 8.78 Å². The van der Waals surface area contributed by atoms with Crippen LogP contribution in [0.15, 0.2) is 16.6 Å². The zero-order valence-corrected chi connectivity index (χ0v) is 13.2. The average Bonchev–Trinajstić information content (AvgIpc) is 2.41. The lowest BCUT2D eigenvalue weighted by Gasteiger charge is -2.16. The number of halogens is 3. The molecule has 0 aliphatic carbocycles. The molecular formula is C15H22BrF2N. The molecule has 0 radical (unpaired) electrons. The molecule has 4 heteroatoms. The Balaban J connectivity index is 2.50. The van der Waals surface area contributed by atoms with Crippen LogP contribution in [0.1, 0.15) is 45.1 Å². The molecule has 1 nitrogen and oxygen atoms in total. The predicted molar refractivity (Wildman–Crippen MR) is 79.4 cm³/mol. The quantitative estimate of drug-likeness (QED) is 0.672. The highest BCUT2D eigenvalue weighted by Crippen LogP contribution is 2.23. The first-order valence-corrected chi connectivity index (χ1v) is 7.75. The molecule has 0 saturated heterocycles. The molecule has 1 unspecified atom stereocenters. The summed E-state index contributed by atoms with van der Waals surface area (Å²) >= 11 is 3.09. The lowest BCUT2D eigenvalue weighted by Crippen LogP contribution is -2.29. The monoisotopic (exact) mass is 333 g/mol. The molecule has 0 spiro atoms. The van der Waals surface area contributed by atoms with Crippen molar-refractivity contribution in [2.45, 2.75) is 52.0 Å². The highest BCUT2D eigenvalue weighted by atomic mass is 79.9. The van der Waals surface area contributed by atoms with Crippen molar-refractivity contribution < 1.29 is 8.78 Å². The van der Waals surface area contributed by atoms with Crippen molar-refractivity contribution in [3.05, 3.63) is 33.8 Å². The van der Waals surface area contributed by atoms with Gasteiger partial charge < -0.3 is 5.32 Å². The van der Waals surface area contributed by atoms with Gasteiger partial charge in [-0.05, 0) is 66.7 Å². The van der Waals surface area contributed by atoms with E-state index in [1.165, 1.54) is 12.1 Å².